The van der Waals surface area contributed by atoms with E-state index < -0.39 is 32.2 Å². The van der Waals surface area contributed by atoms with Crippen molar-refractivity contribution in [2.24, 2.45) is 0 Å². The zero-order valence-corrected chi connectivity index (χ0v) is 15.1. The Balaban J connectivity index is 1.89. The average Bonchev–Trinajstić information content (AvgIpc) is 2.72. The summed E-state index contributed by atoms with van der Waals surface area (Å²) in [6.07, 6.45) is 0.172. The molecule has 26 heavy (non-hydrogen) atoms. The first-order valence-electron chi connectivity index (χ1n) is 7.87. The monoisotopic (exact) mass is 397 g/mol. The number of benzene rings is 1. The molecular weight excluding hydrogens is 382 g/mol. The minimum Gasteiger partial charge on any atom is -0.336 e. The molecule has 0 saturated carbocycles. The smallest absolute Gasteiger partial charge is 0.326 e. The second kappa shape index (κ2) is 7.08. The third-order valence-electron chi connectivity index (χ3n) is 4.27. The zero-order valence-electron chi connectivity index (χ0n) is 13.6. The summed E-state index contributed by atoms with van der Waals surface area (Å²) in [5, 5.41) is -0.452. The van der Waals surface area contributed by atoms with Crippen molar-refractivity contribution in [1.29, 1.82) is 0 Å². The molecule has 1 amide bonds. The summed E-state index contributed by atoms with van der Waals surface area (Å²) < 4.78 is 25.3. The Morgan fingerprint density at radius 3 is 2.58 bits per heavy atom. The molecule has 138 valence electrons. The number of hydrogen-bond acceptors (Lipinski definition) is 5. The summed E-state index contributed by atoms with van der Waals surface area (Å²) >= 11 is 6.14. The number of carbonyl (C=O) groups is 1. The fourth-order valence-electron chi connectivity index (χ4n) is 2.99. The van der Waals surface area contributed by atoms with Gasteiger partial charge in [0, 0.05) is 24.2 Å². The number of nitrogens with one attached hydrogen (secondary N) is 2. The van der Waals surface area contributed by atoms with Crippen molar-refractivity contribution < 1.29 is 13.2 Å². The molecule has 1 atom stereocenters. The molecule has 1 saturated heterocycles. The first-order valence-corrected chi connectivity index (χ1v) is 9.96. The van der Waals surface area contributed by atoms with Crippen LogP contribution < -0.4 is 11.2 Å². The quantitative estimate of drug-likeness (QED) is 0.773. The number of halogens is 1. The molecule has 2 aromatic rings. The molecule has 1 aliphatic rings. The fourth-order valence-corrected chi connectivity index (χ4v) is 5.14. The highest BCUT2D eigenvalue weighted by Gasteiger charge is 2.34. The van der Waals surface area contributed by atoms with Gasteiger partial charge in [-0.05, 0) is 18.1 Å². The van der Waals surface area contributed by atoms with Gasteiger partial charge in [-0.15, -0.1) is 0 Å². The van der Waals surface area contributed by atoms with Crippen LogP contribution in [-0.4, -0.2) is 48.0 Å². The van der Waals surface area contributed by atoms with Gasteiger partial charge in [-0.2, -0.15) is 0 Å². The number of H-pyrrole nitrogens is 2. The number of sulfone groups is 1. The summed E-state index contributed by atoms with van der Waals surface area (Å²) in [7, 11) is -3.52. The Hall–Kier alpha value is -2.39. The lowest BCUT2D eigenvalue weighted by molar-refractivity contribution is 0.0760. The number of aromatic amines is 2. The predicted octanol–water partition coefficient (Wildman–Crippen LogP) is 0.719. The van der Waals surface area contributed by atoms with Crippen molar-refractivity contribution in [3.63, 3.8) is 0 Å². The van der Waals surface area contributed by atoms with Crippen LogP contribution >= 0.6 is 11.6 Å². The highest BCUT2D eigenvalue weighted by molar-refractivity contribution is 7.91. The molecule has 3 rings (SSSR count). The van der Waals surface area contributed by atoms with Crippen LogP contribution in [0.3, 0.4) is 0 Å². The van der Waals surface area contributed by atoms with Gasteiger partial charge in [0.25, 0.3) is 11.5 Å². The second-order valence-corrected chi connectivity index (χ2v) is 8.67. The van der Waals surface area contributed by atoms with Gasteiger partial charge in [0.1, 0.15) is 5.69 Å². The van der Waals surface area contributed by atoms with Gasteiger partial charge >= 0.3 is 5.69 Å². The summed E-state index contributed by atoms with van der Waals surface area (Å²) in [5.74, 6) is -0.828. The lowest BCUT2D eigenvalue weighted by atomic mass is 10.1. The van der Waals surface area contributed by atoms with Crippen molar-refractivity contribution in [2.75, 3.05) is 18.8 Å². The summed E-state index contributed by atoms with van der Waals surface area (Å²) in [4.78, 5) is 40.9. The molecule has 8 nitrogen and oxygen atoms in total. The number of hydrogen-bond donors (Lipinski definition) is 2. The fraction of sp³-hybridized carbons (Fsp3) is 0.312. The Morgan fingerprint density at radius 2 is 1.88 bits per heavy atom. The van der Waals surface area contributed by atoms with Gasteiger partial charge in [-0.25, -0.2) is 13.2 Å². The second-order valence-electron chi connectivity index (χ2n) is 5.96. The van der Waals surface area contributed by atoms with E-state index in [1.807, 2.05) is 4.98 Å². The largest absolute Gasteiger partial charge is 0.336 e. The van der Waals surface area contributed by atoms with Crippen molar-refractivity contribution in [3.05, 3.63) is 67.4 Å². The van der Waals surface area contributed by atoms with E-state index in [0.29, 0.717) is 10.6 Å². The number of amides is 1. The topological polar surface area (TPSA) is 120 Å². The Kier molecular flexibility index (Phi) is 5.01. The van der Waals surface area contributed by atoms with Crippen LogP contribution in [0.4, 0.5) is 0 Å². The molecule has 1 aromatic carbocycles. The molecule has 1 fully saturated rings. The van der Waals surface area contributed by atoms with Crippen LogP contribution in [0, 0.1) is 0 Å². The molecule has 1 aromatic heterocycles. The summed E-state index contributed by atoms with van der Waals surface area (Å²) in [6, 6.07) is 7.70. The zero-order chi connectivity index (χ0) is 18.9. The standard InChI is InChI=1S/C16H16ClN3O5S/c17-11-4-2-1-3-10(11)13-5-6-20(7-8-26(13,24)25)15(22)12-9-14(21)19-16(23)18-12/h1-4,9,13H,5-8H2,(H2,18,19,21,23). The van der Waals surface area contributed by atoms with E-state index >= 15 is 0 Å². The average molecular weight is 398 g/mol. The van der Waals surface area contributed by atoms with Crippen molar-refractivity contribution in [2.45, 2.75) is 11.7 Å². The maximum Gasteiger partial charge on any atom is 0.326 e. The van der Waals surface area contributed by atoms with E-state index in [9.17, 15) is 22.8 Å². The van der Waals surface area contributed by atoms with Crippen LogP contribution in [0.1, 0.15) is 27.7 Å². The van der Waals surface area contributed by atoms with Gasteiger partial charge in [-0.3, -0.25) is 14.6 Å². The first-order chi connectivity index (χ1) is 12.3. The van der Waals surface area contributed by atoms with Gasteiger partial charge < -0.3 is 9.88 Å². The number of nitrogens with zero attached hydrogens (tertiary/aromatic N) is 1. The van der Waals surface area contributed by atoms with E-state index in [4.69, 9.17) is 11.6 Å². The molecule has 2 N–H and O–H groups in total. The normalized spacial score (nSPS) is 19.7. The minimum absolute atomic E-state index is 0.0308. The highest BCUT2D eigenvalue weighted by atomic mass is 35.5. The maximum absolute atomic E-state index is 12.7. The molecular formula is C16H16ClN3O5S. The summed E-state index contributed by atoms with van der Waals surface area (Å²) in [5.41, 5.74) is -1.16. The molecule has 2 heterocycles. The Bertz CT molecular complexity index is 1030. The Labute approximate surface area is 153 Å². The van der Waals surface area contributed by atoms with E-state index in [1.165, 1.54) is 4.90 Å². The van der Waals surface area contributed by atoms with E-state index in [-0.39, 0.29) is 31.0 Å². The van der Waals surface area contributed by atoms with E-state index in [0.717, 1.165) is 6.07 Å². The van der Waals surface area contributed by atoms with Crippen LogP contribution in [0.15, 0.2) is 39.9 Å². The molecule has 0 bridgehead atoms. The lowest BCUT2D eigenvalue weighted by Gasteiger charge is -2.19. The van der Waals surface area contributed by atoms with Gasteiger partial charge in [0.2, 0.25) is 0 Å². The predicted molar refractivity (Wildman–Crippen MR) is 96.2 cm³/mol. The minimum atomic E-state index is -3.52. The van der Waals surface area contributed by atoms with Crippen molar-refractivity contribution in [1.82, 2.24) is 14.9 Å². The van der Waals surface area contributed by atoms with Gasteiger partial charge in [0.15, 0.2) is 9.84 Å². The molecule has 0 aliphatic carbocycles. The SMILES string of the molecule is O=C(c1cc(=O)[nH]c(=O)[nH]1)N1CCC(c2ccccc2Cl)S(=O)(=O)CC1. The maximum atomic E-state index is 12.7. The molecule has 0 spiro atoms. The highest BCUT2D eigenvalue weighted by Crippen LogP contribution is 2.33. The van der Waals surface area contributed by atoms with Crippen LogP contribution in [0.25, 0.3) is 0 Å². The van der Waals surface area contributed by atoms with Crippen molar-refractivity contribution in [3.8, 4) is 0 Å². The summed E-state index contributed by atoms with van der Waals surface area (Å²) in [6.45, 7) is 0.125. The van der Waals surface area contributed by atoms with Gasteiger partial charge in [-0.1, -0.05) is 29.8 Å². The molecule has 10 heteroatoms. The molecule has 1 aliphatic heterocycles. The third-order valence-corrected chi connectivity index (χ3v) is 6.72. The Morgan fingerprint density at radius 1 is 1.15 bits per heavy atom. The number of aromatic nitrogens is 2. The lowest BCUT2D eigenvalue weighted by Crippen LogP contribution is -2.36. The van der Waals surface area contributed by atoms with Crippen LogP contribution in [0.2, 0.25) is 5.02 Å². The molecule has 1 unspecified atom stereocenters. The first kappa shape index (κ1) is 18.4. The number of carbonyl (C=O) groups excluding carboxylic acids is 1. The van der Waals surface area contributed by atoms with Gasteiger partial charge in [0.05, 0.1) is 11.0 Å². The number of rotatable bonds is 2. The van der Waals surface area contributed by atoms with E-state index in [2.05, 4.69) is 4.98 Å². The van der Waals surface area contributed by atoms with Crippen LogP contribution in [0.5, 0.6) is 0 Å². The third kappa shape index (κ3) is 3.73. The molecule has 0 radical (unpaired) electrons. The van der Waals surface area contributed by atoms with E-state index in [1.54, 1.807) is 24.3 Å². The van der Waals surface area contributed by atoms with Crippen molar-refractivity contribution >= 4 is 27.3 Å². The van der Waals surface area contributed by atoms with Crippen LogP contribution in [-0.2, 0) is 9.84 Å².